The Hall–Kier alpha value is -7.76. The topological polar surface area (TPSA) is 4.93 Å². The molecule has 1 nitrogen and oxygen atoms in total. The van der Waals surface area contributed by atoms with Gasteiger partial charge in [-0.05, 0) is 149 Å². The molecule has 0 aliphatic heterocycles. The van der Waals surface area contributed by atoms with E-state index in [1.807, 2.05) is 0 Å². The van der Waals surface area contributed by atoms with Crippen molar-refractivity contribution < 1.29 is 132 Å². The number of rotatable bonds is 5. The highest BCUT2D eigenvalue weighted by Crippen LogP contribution is 2.52. The second-order valence-corrected chi connectivity index (χ2v) is 18.1. The molecule has 83 heavy (non-hydrogen) atoms. The fourth-order valence-electron chi connectivity index (χ4n) is 8.84. The molecule has 0 amide bonds. The predicted octanol–water partition coefficient (Wildman–Crippen LogP) is 21.6. The molecule has 8 rings (SSSR count). The Balaban J connectivity index is 1.79. The summed E-state index contributed by atoms with van der Waals surface area (Å²) >= 11 is 0. The normalized spacial score (nSPS) is 13.9. The van der Waals surface area contributed by atoms with Crippen LogP contribution < -0.4 is 0 Å². The van der Waals surface area contributed by atoms with E-state index < -0.39 is 220 Å². The van der Waals surface area contributed by atoms with E-state index in [1.165, 1.54) is 0 Å². The average molecular weight is 1230 g/mol. The van der Waals surface area contributed by atoms with Gasteiger partial charge in [0.2, 0.25) is 0 Å². The van der Waals surface area contributed by atoms with Gasteiger partial charge in [-0.25, -0.2) is 0 Å². The number of alkyl halides is 30. The Morgan fingerprint density at radius 1 is 0.181 bits per heavy atom. The van der Waals surface area contributed by atoms with Gasteiger partial charge in [-0.15, -0.1) is 0 Å². The number of aromatic nitrogens is 1. The zero-order valence-electron chi connectivity index (χ0n) is 39.3. The van der Waals surface area contributed by atoms with E-state index in [1.54, 1.807) is 0 Å². The van der Waals surface area contributed by atoms with Crippen molar-refractivity contribution in [3.05, 3.63) is 171 Å². The SMILES string of the molecule is FC(F)(F)c1cc(-c2cc(-c3cc(C(F)(F)F)cc(C(F)(F)F)c3)c3c(c2)c2cc(-c4cc(C(F)(F)F)cc(C(F)(F)F)c4)cc(-c4cc(C(F)(F)F)cc(C(F)(F)F)c4)c2n3-c2cc(C(F)(F)F)cc(C(F)(F)F)c2)cc(C(F)(F)F)c1. The largest absolute Gasteiger partial charge is 0.416 e. The zero-order valence-corrected chi connectivity index (χ0v) is 39.3. The van der Waals surface area contributed by atoms with Gasteiger partial charge in [-0.2, -0.15) is 132 Å². The van der Waals surface area contributed by atoms with Crippen LogP contribution in [0.3, 0.4) is 0 Å². The van der Waals surface area contributed by atoms with Crippen LogP contribution >= 0.6 is 0 Å². The molecule has 1 heterocycles. The molecule has 0 N–H and O–H groups in total. The van der Waals surface area contributed by atoms with E-state index in [2.05, 4.69) is 0 Å². The van der Waals surface area contributed by atoms with E-state index in [0.29, 0.717) is 0 Å². The number of benzene rings is 7. The molecule has 7 aromatic carbocycles. The third-order valence-corrected chi connectivity index (χ3v) is 12.4. The van der Waals surface area contributed by atoms with Crippen molar-refractivity contribution in [1.29, 1.82) is 0 Å². The van der Waals surface area contributed by atoms with Crippen molar-refractivity contribution in [1.82, 2.24) is 4.57 Å². The van der Waals surface area contributed by atoms with Crippen molar-refractivity contribution >= 4 is 21.8 Å². The first-order valence-electron chi connectivity index (χ1n) is 22.1. The standard InChI is InChI=1S/C52H19F30N/c53-43(54,55)26-1-20(2-27(13-26)44(56,57)58)22-9-37(24-5-30(47(65,66)67)15-31(6-24)48(68,69)70)41-39(11-22)40-12-23(21-3-28(45(59,60)61)14-29(4-21)46(62,63)64)10-38(25-7-32(49(71,72)73)16-33(8-25)50(74,75)76)42(40)83(41)36-18-34(51(77,78)79)17-35(19-36)52(80,81)82/h1-19H. The van der Waals surface area contributed by atoms with Crippen molar-refractivity contribution in [3.8, 4) is 50.2 Å². The second-order valence-electron chi connectivity index (χ2n) is 18.1. The highest BCUT2D eigenvalue weighted by molar-refractivity contribution is 6.19. The molecule has 0 bridgehead atoms. The van der Waals surface area contributed by atoms with Crippen LogP contribution in [0.15, 0.2) is 115 Å². The number of fused-ring (bicyclic) bond motifs is 3. The summed E-state index contributed by atoms with van der Waals surface area (Å²) in [6.07, 6.45) is -59.0. The van der Waals surface area contributed by atoms with Gasteiger partial charge >= 0.3 is 61.8 Å². The quantitative estimate of drug-likeness (QED) is 0.151. The summed E-state index contributed by atoms with van der Waals surface area (Å²) in [5.74, 6) is 0. The summed E-state index contributed by atoms with van der Waals surface area (Å²) in [6.45, 7) is 0. The van der Waals surface area contributed by atoms with Gasteiger partial charge in [0.05, 0.1) is 66.7 Å². The van der Waals surface area contributed by atoms with Crippen LogP contribution in [-0.2, 0) is 61.8 Å². The molecule has 442 valence electrons. The minimum atomic E-state index is -5.98. The zero-order chi connectivity index (χ0) is 62.3. The van der Waals surface area contributed by atoms with Crippen LogP contribution in [0.4, 0.5) is 132 Å². The van der Waals surface area contributed by atoms with Crippen LogP contribution in [0, 0.1) is 0 Å². The lowest BCUT2D eigenvalue weighted by molar-refractivity contribution is -0.144. The van der Waals surface area contributed by atoms with Gasteiger partial charge in [0.1, 0.15) is 0 Å². The van der Waals surface area contributed by atoms with E-state index in [0.717, 1.165) is 0 Å². The van der Waals surface area contributed by atoms with E-state index >= 15 is 0 Å². The highest BCUT2D eigenvalue weighted by Gasteiger charge is 2.43. The minimum absolute atomic E-state index is 0.102. The Labute approximate surface area is 440 Å². The lowest BCUT2D eigenvalue weighted by atomic mass is 9.90. The molecule has 0 saturated heterocycles. The molecule has 1 aromatic heterocycles. The van der Waals surface area contributed by atoms with E-state index in [-0.39, 0.29) is 89.5 Å². The lowest BCUT2D eigenvalue weighted by Gasteiger charge is -2.21. The number of hydrogen-bond donors (Lipinski definition) is 0. The van der Waals surface area contributed by atoms with Crippen LogP contribution in [-0.4, -0.2) is 4.57 Å². The minimum Gasteiger partial charge on any atom is -0.308 e. The molecule has 0 aliphatic rings. The fraction of sp³-hybridized carbons (Fsp3) is 0.192. The number of nitrogens with zero attached hydrogens (tertiary/aromatic N) is 1. The number of hydrogen-bond acceptors (Lipinski definition) is 0. The summed E-state index contributed by atoms with van der Waals surface area (Å²) in [7, 11) is 0. The third-order valence-electron chi connectivity index (χ3n) is 12.4. The van der Waals surface area contributed by atoms with Crippen molar-refractivity contribution in [2.45, 2.75) is 61.8 Å². The third kappa shape index (κ3) is 12.5. The predicted molar refractivity (Wildman–Crippen MR) is 233 cm³/mol. The molecule has 31 heteroatoms. The summed E-state index contributed by atoms with van der Waals surface area (Å²) in [5.41, 5.74) is -39.6. The Kier molecular flexibility index (Phi) is 14.3. The molecule has 0 unspecified atom stereocenters. The molecular weight excluding hydrogens is 1210 g/mol. The molecule has 0 spiro atoms. The van der Waals surface area contributed by atoms with Gasteiger partial charge < -0.3 is 4.57 Å². The van der Waals surface area contributed by atoms with Gasteiger partial charge in [0.25, 0.3) is 0 Å². The van der Waals surface area contributed by atoms with Crippen LogP contribution in [0.5, 0.6) is 0 Å². The summed E-state index contributed by atoms with van der Waals surface area (Å²) in [5, 5.41) is -2.63. The molecule has 0 saturated carbocycles. The monoisotopic (exact) mass is 1230 g/mol. The number of halogens is 30. The Morgan fingerprint density at radius 3 is 0.542 bits per heavy atom. The first-order valence-corrected chi connectivity index (χ1v) is 22.1. The molecule has 0 atom stereocenters. The maximum absolute atomic E-state index is 14.7. The fourth-order valence-corrected chi connectivity index (χ4v) is 8.84. The second kappa shape index (κ2) is 19.4. The molecule has 0 fully saturated rings. The van der Waals surface area contributed by atoms with Crippen LogP contribution in [0.2, 0.25) is 0 Å². The van der Waals surface area contributed by atoms with Crippen molar-refractivity contribution in [2.24, 2.45) is 0 Å². The summed E-state index contributed by atoms with van der Waals surface area (Å²) < 4.78 is 437. The molecular formula is C52H19F30N. The first-order chi connectivity index (χ1) is 37.4. The van der Waals surface area contributed by atoms with E-state index in [4.69, 9.17) is 0 Å². The van der Waals surface area contributed by atoms with Gasteiger partial charge in [-0.3, -0.25) is 0 Å². The van der Waals surface area contributed by atoms with Crippen LogP contribution in [0.25, 0.3) is 72.0 Å². The van der Waals surface area contributed by atoms with Crippen molar-refractivity contribution in [2.75, 3.05) is 0 Å². The molecule has 0 radical (unpaired) electrons. The maximum atomic E-state index is 14.7. The van der Waals surface area contributed by atoms with Crippen molar-refractivity contribution in [3.63, 3.8) is 0 Å². The lowest BCUT2D eigenvalue weighted by Crippen LogP contribution is -2.13. The van der Waals surface area contributed by atoms with E-state index in [9.17, 15) is 132 Å². The summed E-state index contributed by atoms with van der Waals surface area (Å²) in [4.78, 5) is 0. The maximum Gasteiger partial charge on any atom is 0.416 e. The molecule has 8 aromatic rings. The van der Waals surface area contributed by atoms with Crippen LogP contribution in [0.1, 0.15) is 55.6 Å². The Morgan fingerprint density at radius 2 is 0.349 bits per heavy atom. The summed E-state index contributed by atoms with van der Waals surface area (Å²) in [6, 6.07) is -4.50. The first kappa shape index (κ1) is 61.3. The van der Waals surface area contributed by atoms with Gasteiger partial charge in [0.15, 0.2) is 0 Å². The van der Waals surface area contributed by atoms with Gasteiger partial charge in [-0.1, -0.05) is 0 Å². The average Bonchev–Trinajstić information content (AvgIpc) is 1.72. The van der Waals surface area contributed by atoms with Gasteiger partial charge in [0, 0.05) is 27.6 Å². The smallest absolute Gasteiger partial charge is 0.308 e. The highest BCUT2D eigenvalue weighted by atomic mass is 19.4. The Bertz CT molecular complexity index is 3480. The molecule has 0 aliphatic carbocycles.